The molecule has 0 bridgehead atoms. The quantitative estimate of drug-likeness (QED) is 0.564. The number of nitrogens with zero attached hydrogens (tertiary/aromatic N) is 3. The summed E-state index contributed by atoms with van der Waals surface area (Å²) < 4.78 is 23.4. The molecular weight excluding hydrogens is 470 g/mol. The predicted octanol–water partition coefficient (Wildman–Crippen LogP) is 4.07. The lowest BCUT2D eigenvalue weighted by molar-refractivity contribution is -0.117. The van der Waals surface area contributed by atoms with Gasteiger partial charge in [0.05, 0.1) is 16.4 Å². The Kier molecular flexibility index (Phi) is 6.93. The molecule has 0 spiro atoms. The molecule has 0 aromatic heterocycles. The van der Waals surface area contributed by atoms with Crippen LogP contribution in [0.25, 0.3) is 0 Å². The van der Waals surface area contributed by atoms with Gasteiger partial charge >= 0.3 is 0 Å². The van der Waals surface area contributed by atoms with Gasteiger partial charge in [0, 0.05) is 50.3 Å². The Bertz CT molecular complexity index is 1220. The average Bonchev–Trinajstić information content (AvgIpc) is 3.29. The minimum absolute atomic E-state index is 0.114. The Labute approximate surface area is 214 Å². The van der Waals surface area contributed by atoms with Gasteiger partial charge in [-0.05, 0) is 74.0 Å². The zero-order chi connectivity index (χ0) is 25.3. The minimum atomic E-state index is -3.17. The number of carbonyl (C=O) groups is 1. The molecule has 3 aliphatic rings. The molecule has 7 heteroatoms. The Morgan fingerprint density at radius 1 is 0.972 bits per heavy atom. The Morgan fingerprint density at radius 3 is 2.19 bits per heavy atom. The first-order valence-corrected chi connectivity index (χ1v) is 14.9. The van der Waals surface area contributed by atoms with Crippen LogP contribution in [0, 0.1) is 29.1 Å². The van der Waals surface area contributed by atoms with Crippen molar-refractivity contribution in [1.82, 2.24) is 4.90 Å². The van der Waals surface area contributed by atoms with Crippen molar-refractivity contribution < 1.29 is 13.2 Å². The summed E-state index contributed by atoms with van der Waals surface area (Å²) in [7, 11) is -3.17. The standard InChI is InChI=1S/C29H35N3O3S/c1-36(34,35)28-11-8-26(9-12-28)32-19-22(20-32)18-31-15-13-24(14-16-31)29(21-30,23-5-3-2-4-6-23)25-7-10-27(33)17-25/h2-6,8-9,11-12,22,24-25H,7,10,13-20H2,1H3. The van der Waals surface area contributed by atoms with Crippen LogP contribution in [-0.4, -0.2) is 58.1 Å². The van der Waals surface area contributed by atoms with Crippen LogP contribution in [0.3, 0.4) is 0 Å². The van der Waals surface area contributed by atoms with Crippen LogP contribution in [0.15, 0.2) is 59.5 Å². The topological polar surface area (TPSA) is 81.5 Å². The van der Waals surface area contributed by atoms with Gasteiger partial charge in [-0.1, -0.05) is 30.3 Å². The fraction of sp³-hybridized carbons (Fsp3) is 0.517. The number of likely N-dealkylation sites (tertiary alicyclic amines) is 1. The first-order chi connectivity index (χ1) is 17.3. The SMILES string of the molecule is CS(=O)(=O)c1ccc(N2CC(CN3CCC(C(C#N)(c4ccccc4)C4CCC(=O)C4)CC3)C2)cc1. The van der Waals surface area contributed by atoms with Crippen LogP contribution >= 0.6 is 0 Å². The number of benzene rings is 2. The van der Waals surface area contributed by atoms with Gasteiger partial charge < -0.3 is 9.80 Å². The van der Waals surface area contributed by atoms with Crippen molar-refractivity contribution in [2.45, 2.75) is 42.4 Å². The Hall–Kier alpha value is -2.69. The Morgan fingerprint density at radius 2 is 1.64 bits per heavy atom. The number of rotatable bonds is 7. The molecule has 3 fully saturated rings. The van der Waals surface area contributed by atoms with E-state index >= 15 is 0 Å². The Balaban J connectivity index is 1.19. The van der Waals surface area contributed by atoms with E-state index in [1.165, 1.54) is 6.26 Å². The lowest BCUT2D eigenvalue weighted by atomic mass is 9.60. The molecule has 2 saturated heterocycles. The largest absolute Gasteiger partial charge is 0.371 e. The molecule has 2 aliphatic heterocycles. The average molecular weight is 506 g/mol. The molecule has 6 nitrogen and oxygen atoms in total. The summed E-state index contributed by atoms with van der Waals surface area (Å²) in [6.45, 7) is 4.99. The van der Waals surface area contributed by atoms with Crippen molar-refractivity contribution in [1.29, 1.82) is 5.26 Å². The van der Waals surface area contributed by atoms with Gasteiger partial charge in [0.25, 0.3) is 0 Å². The third-order valence-electron chi connectivity index (χ3n) is 8.66. The molecule has 2 heterocycles. The zero-order valence-electron chi connectivity index (χ0n) is 21.0. The number of Topliss-reactive ketones (excluding diaryl/α,β-unsaturated/α-hetero) is 1. The van der Waals surface area contributed by atoms with E-state index in [1.54, 1.807) is 12.1 Å². The lowest BCUT2D eigenvalue weighted by Crippen LogP contribution is -2.53. The van der Waals surface area contributed by atoms with E-state index in [4.69, 9.17) is 0 Å². The first kappa shape index (κ1) is 25.0. The van der Waals surface area contributed by atoms with E-state index in [1.807, 2.05) is 30.3 Å². The summed E-state index contributed by atoms with van der Waals surface area (Å²) in [6, 6.07) is 20.1. The third kappa shape index (κ3) is 4.81. The number of anilines is 1. The first-order valence-electron chi connectivity index (χ1n) is 13.1. The minimum Gasteiger partial charge on any atom is -0.371 e. The summed E-state index contributed by atoms with van der Waals surface area (Å²) in [6.07, 6.45) is 5.16. The number of carbonyl (C=O) groups excluding carboxylic acids is 1. The molecule has 2 atom stereocenters. The maximum atomic E-state index is 12.2. The van der Waals surface area contributed by atoms with E-state index in [-0.39, 0.29) is 11.8 Å². The van der Waals surface area contributed by atoms with Crippen molar-refractivity contribution in [3.63, 3.8) is 0 Å². The molecule has 36 heavy (non-hydrogen) atoms. The van der Waals surface area contributed by atoms with Gasteiger partial charge in [-0.3, -0.25) is 4.79 Å². The van der Waals surface area contributed by atoms with Gasteiger partial charge in [0.1, 0.15) is 5.78 Å². The van der Waals surface area contributed by atoms with Crippen molar-refractivity contribution in [3.8, 4) is 6.07 Å². The van der Waals surface area contributed by atoms with Crippen LogP contribution in [0.2, 0.25) is 0 Å². The molecule has 2 aromatic carbocycles. The molecule has 190 valence electrons. The number of hydrogen-bond donors (Lipinski definition) is 0. The predicted molar refractivity (Wildman–Crippen MR) is 140 cm³/mol. The molecule has 0 amide bonds. The molecule has 5 rings (SSSR count). The molecule has 1 saturated carbocycles. The lowest BCUT2D eigenvalue weighted by Gasteiger charge is -2.47. The zero-order valence-corrected chi connectivity index (χ0v) is 21.8. The summed E-state index contributed by atoms with van der Waals surface area (Å²) in [5.74, 6) is 1.28. The highest BCUT2D eigenvalue weighted by Crippen LogP contribution is 2.49. The van der Waals surface area contributed by atoms with Crippen molar-refractivity contribution in [2.24, 2.45) is 17.8 Å². The number of piperidine rings is 1. The maximum Gasteiger partial charge on any atom is 0.175 e. The molecule has 2 aromatic rings. The van der Waals surface area contributed by atoms with Gasteiger partial charge in [-0.2, -0.15) is 5.26 Å². The van der Waals surface area contributed by atoms with E-state index in [0.29, 0.717) is 29.4 Å². The summed E-state index contributed by atoms with van der Waals surface area (Å²) in [5, 5.41) is 10.6. The molecule has 2 unspecified atom stereocenters. The van der Waals surface area contributed by atoms with E-state index in [9.17, 15) is 18.5 Å². The third-order valence-corrected chi connectivity index (χ3v) is 9.79. The summed E-state index contributed by atoms with van der Waals surface area (Å²) in [5.41, 5.74) is 1.58. The van der Waals surface area contributed by atoms with Gasteiger partial charge in [-0.25, -0.2) is 8.42 Å². The molecule has 1 aliphatic carbocycles. The van der Waals surface area contributed by atoms with E-state index < -0.39 is 15.3 Å². The second-order valence-electron chi connectivity index (χ2n) is 10.9. The van der Waals surface area contributed by atoms with E-state index in [0.717, 1.165) is 63.2 Å². The van der Waals surface area contributed by atoms with Crippen LogP contribution < -0.4 is 4.90 Å². The summed E-state index contributed by atoms with van der Waals surface area (Å²) >= 11 is 0. The van der Waals surface area contributed by atoms with Gasteiger partial charge in [-0.15, -0.1) is 0 Å². The second kappa shape index (κ2) is 9.99. The smallest absolute Gasteiger partial charge is 0.175 e. The molecule has 0 N–H and O–H groups in total. The molecule has 0 radical (unpaired) electrons. The summed E-state index contributed by atoms with van der Waals surface area (Å²) in [4.78, 5) is 17.4. The number of nitriles is 1. The highest BCUT2D eigenvalue weighted by atomic mass is 32.2. The van der Waals surface area contributed by atoms with Gasteiger partial charge in [0.15, 0.2) is 9.84 Å². The van der Waals surface area contributed by atoms with Crippen LogP contribution in [0.1, 0.15) is 37.7 Å². The van der Waals surface area contributed by atoms with E-state index in [2.05, 4.69) is 28.0 Å². The number of hydrogen-bond acceptors (Lipinski definition) is 6. The fourth-order valence-corrected chi connectivity index (χ4v) is 7.34. The highest BCUT2D eigenvalue weighted by molar-refractivity contribution is 7.90. The normalized spacial score (nSPS) is 23.7. The number of ketones is 1. The van der Waals surface area contributed by atoms with Crippen LogP contribution in [-0.2, 0) is 20.0 Å². The van der Waals surface area contributed by atoms with Crippen molar-refractivity contribution in [3.05, 3.63) is 60.2 Å². The monoisotopic (exact) mass is 505 g/mol. The van der Waals surface area contributed by atoms with Crippen molar-refractivity contribution in [2.75, 3.05) is 43.9 Å². The second-order valence-corrected chi connectivity index (χ2v) is 13.0. The van der Waals surface area contributed by atoms with Crippen LogP contribution in [0.4, 0.5) is 5.69 Å². The van der Waals surface area contributed by atoms with Crippen molar-refractivity contribution >= 4 is 21.3 Å². The highest BCUT2D eigenvalue weighted by Gasteiger charge is 2.50. The maximum absolute atomic E-state index is 12.2. The van der Waals surface area contributed by atoms with Crippen LogP contribution in [0.5, 0.6) is 0 Å². The fourth-order valence-electron chi connectivity index (χ4n) is 6.70. The van der Waals surface area contributed by atoms with Gasteiger partial charge in [0.2, 0.25) is 0 Å². The number of sulfone groups is 1. The molecular formula is C29H35N3O3S.